The van der Waals surface area contributed by atoms with Gasteiger partial charge in [-0.25, -0.2) is 10.4 Å². The number of ether oxygens (including phenoxy) is 1. The maximum Gasteiger partial charge on any atom is 0.247 e. The van der Waals surface area contributed by atoms with Crippen LogP contribution in [0.3, 0.4) is 0 Å². The molecule has 1 fully saturated rings. The van der Waals surface area contributed by atoms with E-state index in [9.17, 15) is 15.3 Å². The van der Waals surface area contributed by atoms with E-state index >= 15 is 0 Å². The first kappa shape index (κ1) is 18.2. The van der Waals surface area contributed by atoms with Gasteiger partial charge in [0.05, 0.1) is 19.1 Å². The molecule has 0 saturated carbocycles. The normalized spacial score (nSPS) is 25.0. The van der Waals surface area contributed by atoms with Gasteiger partial charge in [-0.3, -0.25) is 9.55 Å². The SMILES string of the molecule is Nc1nc(N/N=C/c2ccncc2)nc2c1ncn2C1OC(CO)C(O)C1O. The van der Waals surface area contributed by atoms with E-state index in [0.29, 0.717) is 5.52 Å². The monoisotopic (exact) mass is 386 g/mol. The number of fused-ring (bicyclic) bond motifs is 1. The Morgan fingerprint density at radius 2 is 2.04 bits per heavy atom. The number of hydrazone groups is 1. The lowest BCUT2D eigenvalue weighted by Gasteiger charge is -2.16. The van der Waals surface area contributed by atoms with Gasteiger partial charge in [0.15, 0.2) is 17.7 Å². The molecule has 3 aromatic rings. The van der Waals surface area contributed by atoms with Gasteiger partial charge in [-0.15, -0.1) is 0 Å². The third-order valence-corrected chi connectivity index (χ3v) is 4.32. The van der Waals surface area contributed by atoms with Crippen molar-refractivity contribution in [1.82, 2.24) is 24.5 Å². The molecule has 4 heterocycles. The van der Waals surface area contributed by atoms with Crippen LogP contribution in [0, 0.1) is 0 Å². The average Bonchev–Trinajstić information content (AvgIpc) is 3.24. The fourth-order valence-corrected chi connectivity index (χ4v) is 2.90. The zero-order chi connectivity index (χ0) is 19.7. The van der Waals surface area contributed by atoms with Crippen molar-refractivity contribution in [3.63, 3.8) is 0 Å². The first-order valence-electron chi connectivity index (χ1n) is 8.40. The van der Waals surface area contributed by atoms with Crippen molar-refractivity contribution in [1.29, 1.82) is 0 Å². The Labute approximate surface area is 158 Å². The predicted molar refractivity (Wildman–Crippen MR) is 98.2 cm³/mol. The van der Waals surface area contributed by atoms with Gasteiger partial charge in [-0.05, 0) is 17.7 Å². The van der Waals surface area contributed by atoms with E-state index in [2.05, 4.69) is 30.5 Å². The maximum atomic E-state index is 10.2. The highest BCUT2D eigenvalue weighted by atomic mass is 16.6. The van der Waals surface area contributed by atoms with Gasteiger partial charge < -0.3 is 25.8 Å². The molecular weight excluding hydrogens is 368 g/mol. The van der Waals surface area contributed by atoms with E-state index in [4.69, 9.17) is 10.5 Å². The minimum absolute atomic E-state index is 0.108. The number of aromatic nitrogens is 5. The quantitative estimate of drug-likeness (QED) is 0.266. The molecule has 3 aromatic heterocycles. The second-order valence-electron chi connectivity index (χ2n) is 6.14. The van der Waals surface area contributed by atoms with Crippen molar-refractivity contribution >= 4 is 29.1 Å². The molecule has 1 saturated heterocycles. The van der Waals surface area contributed by atoms with E-state index in [-0.39, 0.29) is 17.4 Å². The largest absolute Gasteiger partial charge is 0.394 e. The molecular formula is C16H18N8O4. The van der Waals surface area contributed by atoms with Crippen molar-refractivity contribution in [3.05, 3.63) is 36.4 Å². The highest BCUT2D eigenvalue weighted by molar-refractivity contribution is 5.83. The number of nitrogens with two attached hydrogens (primary N) is 1. The lowest BCUT2D eigenvalue weighted by molar-refractivity contribution is -0.0511. The van der Waals surface area contributed by atoms with Crippen LogP contribution in [0.15, 0.2) is 36.0 Å². The molecule has 1 aliphatic rings. The summed E-state index contributed by atoms with van der Waals surface area (Å²) < 4.78 is 6.95. The fourth-order valence-electron chi connectivity index (χ4n) is 2.90. The number of rotatable bonds is 5. The third-order valence-electron chi connectivity index (χ3n) is 4.32. The van der Waals surface area contributed by atoms with E-state index in [1.54, 1.807) is 30.7 Å². The molecule has 0 radical (unpaired) electrons. The zero-order valence-corrected chi connectivity index (χ0v) is 14.5. The van der Waals surface area contributed by atoms with Crippen LogP contribution >= 0.6 is 0 Å². The second-order valence-corrected chi connectivity index (χ2v) is 6.14. The summed E-state index contributed by atoms with van der Waals surface area (Å²) >= 11 is 0. The minimum Gasteiger partial charge on any atom is -0.394 e. The molecule has 0 spiro atoms. The molecule has 0 amide bonds. The number of nitrogen functional groups attached to an aromatic ring is 1. The Balaban J connectivity index is 1.63. The lowest BCUT2D eigenvalue weighted by atomic mass is 10.1. The second kappa shape index (κ2) is 7.44. The van der Waals surface area contributed by atoms with Crippen LogP contribution in [0.25, 0.3) is 11.2 Å². The molecule has 6 N–H and O–H groups in total. The van der Waals surface area contributed by atoms with Gasteiger partial charge in [-0.1, -0.05) is 0 Å². The van der Waals surface area contributed by atoms with Gasteiger partial charge in [0.25, 0.3) is 0 Å². The molecule has 0 aromatic carbocycles. The van der Waals surface area contributed by atoms with Crippen molar-refractivity contribution in [3.8, 4) is 0 Å². The van der Waals surface area contributed by atoms with Crippen LogP contribution in [0.1, 0.15) is 11.8 Å². The van der Waals surface area contributed by atoms with Crippen molar-refractivity contribution < 1.29 is 20.1 Å². The molecule has 4 unspecified atom stereocenters. The number of nitrogens with one attached hydrogen (secondary N) is 1. The smallest absolute Gasteiger partial charge is 0.247 e. The molecule has 4 atom stereocenters. The van der Waals surface area contributed by atoms with Gasteiger partial charge >= 0.3 is 0 Å². The molecule has 12 nitrogen and oxygen atoms in total. The summed E-state index contributed by atoms with van der Waals surface area (Å²) in [5.41, 5.74) is 10.0. The number of imidazole rings is 1. The number of pyridine rings is 1. The van der Waals surface area contributed by atoms with Crippen LogP contribution in [-0.2, 0) is 4.74 Å². The van der Waals surface area contributed by atoms with Crippen molar-refractivity contribution in [2.75, 3.05) is 17.8 Å². The Hall–Kier alpha value is -3.19. The number of aliphatic hydroxyl groups excluding tert-OH is 3. The number of hydrogen-bond donors (Lipinski definition) is 5. The number of nitrogens with zero attached hydrogens (tertiary/aromatic N) is 6. The standard InChI is InChI=1S/C16H18N8O4/c17-13-10-14(22-16(21-13)23-20-5-8-1-3-18-4-2-8)24(7-19-10)15-12(27)11(26)9(6-25)28-15/h1-5,7,9,11-12,15,25-27H,6H2,(H3,17,21,22,23)/b20-5+. The molecule has 146 valence electrons. The zero-order valence-electron chi connectivity index (χ0n) is 14.5. The summed E-state index contributed by atoms with van der Waals surface area (Å²) in [6.07, 6.45) is 1.80. The van der Waals surface area contributed by atoms with E-state index in [1.165, 1.54) is 10.9 Å². The van der Waals surface area contributed by atoms with Crippen LogP contribution < -0.4 is 11.2 Å². The Morgan fingerprint density at radius 1 is 1.25 bits per heavy atom. The van der Waals surface area contributed by atoms with E-state index in [1.807, 2.05) is 0 Å². The van der Waals surface area contributed by atoms with Crippen LogP contribution in [0.5, 0.6) is 0 Å². The first-order valence-corrected chi connectivity index (χ1v) is 8.40. The number of anilines is 2. The third kappa shape index (κ3) is 3.25. The number of hydrogen-bond acceptors (Lipinski definition) is 11. The molecule has 4 rings (SSSR count). The molecule has 12 heteroatoms. The average molecular weight is 386 g/mol. The predicted octanol–water partition coefficient (Wildman–Crippen LogP) is -1.14. The molecule has 0 aliphatic carbocycles. The van der Waals surface area contributed by atoms with Gasteiger partial charge in [0, 0.05) is 12.4 Å². The summed E-state index contributed by atoms with van der Waals surface area (Å²) in [5, 5.41) is 33.5. The highest BCUT2D eigenvalue weighted by Crippen LogP contribution is 2.32. The molecule has 1 aliphatic heterocycles. The lowest BCUT2D eigenvalue weighted by Crippen LogP contribution is -2.33. The molecule has 0 bridgehead atoms. The Morgan fingerprint density at radius 3 is 2.75 bits per heavy atom. The van der Waals surface area contributed by atoms with Crippen LogP contribution in [-0.4, -0.2) is 71.0 Å². The van der Waals surface area contributed by atoms with Gasteiger partial charge in [0.1, 0.15) is 23.8 Å². The fraction of sp³-hybridized carbons (Fsp3) is 0.312. The Kier molecular flexibility index (Phi) is 4.83. The van der Waals surface area contributed by atoms with E-state index in [0.717, 1.165) is 5.56 Å². The summed E-state index contributed by atoms with van der Waals surface area (Å²) in [4.78, 5) is 16.5. The summed E-state index contributed by atoms with van der Waals surface area (Å²) in [5.74, 6) is 0.223. The summed E-state index contributed by atoms with van der Waals surface area (Å²) in [6.45, 7) is -0.436. The van der Waals surface area contributed by atoms with Gasteiger partial charge in [-0.2, -0.15) is 15.1 Å². The maximum absolute atomic E-state index is 10.2. The number of aliphatic hydroxyl groups is 3. The van der Waals surface area contributed by atoms with Crippen LogP contribution in [0.4, 0.5) is 11.8 Å². The summed E-state index contributed by atoms with van der Waals surface area (Å²) in [7, 11) is 0. The topological polar surface area (TPSA) is 177 Å². The summed E-state index contributed by atoms with van der Waals surface area (Å²) in [6, 6.07) is 3.56. The Bertz CT molecular complexity index is 995. The van der Waals surface area contributed by atoms with Crippen molar-refractivity contribution in [2.24, 2.45) is 5.10 Å². The van der Waals surface area contributed by atoms with E-state index < -0.39 is 31.1 Å². The first-order chi connectivity index (χ1) is 13.6. The van der Waals surface area contributed by atoms with Gasteiger partial charge in [0.2, 0.25) is 5.95 Å². The van der Waals surface area contributed by atoms with Crippen molar-refractivity contribution in [2.45, 2.75) is 24.5 Å². The van der Waals surface area contributed by atoms with Crippen LogP contribution in [0.2, 0.25) is 0 Å². The minimum atomic E-state index is -1.27. The highest BCUT2D eigenvalue weighted by Gasteiger charge is 2.44. The molecule has 28 heavy (non-hydrogen) atoms.